The molecule has 1 unspecified atom stereocenters. The Morgan fingerprint density at radius 1 is 1.21 bits per heavy atom. The van der Waals surface area contributed by atoms with Gasteiger partial charge >= 0.3 is 12.1 Å². The first-order chi connectivity index (χ1) is 13.9. The smallest absolute Gasteiger partial charge is 0.417 e. The van der Waals surface area contributed by atoms with E-state index >= 15 is 0 Å². The van der Waals surface area contributed by atoms with Crippen LogP contribution in [0.15, 0.2) is 47.4 Å². The van der Waals surface area contributed by atoms with E-state index in [4.69, 9.17) is 4.42 Å². The van der Waals surface area contributed by atoms with Gasteiger partial charge in [0.15, 0.2) is 0 Å². The van der Waals surface area contributed by atoms with Crippen molar-refractivity contribution in [1.29, 1.82) is 0 Å². The highest BCUT2D eigenvalue weighted by Gasteiger charge is 2.39. The summed E-state index contributed by atoms with van der Waals surface area (Å²) >= 11 is 0. The number of benzene rings is 1. The third-order valence-electron chi connectivity index (χ3n) is 4.87. The fourth-order valence-corrected chi connectivity index (χ4v) is 3.40. The molecule has 1 fully saturated rings. The average molecular weight is 405 g/mol. The molecule has 0 radical (unpaired) electrons. The quantitative estimate of drug-likeness (QED) is 0.665. The Morgan fingerprint density at radius 3 is 2.66 bits per heavy atom. The van der Waals surface area contributed by atoms with Gasteiger partial charge in [0, 0.05) is 37.6 Å². The van der Waals surface area contributed by atoms with Crippen molar-refractivity contribution < 1.29 is 22.4 Å². The van der Waals surface area contributed by atoms with Gasteiger partial charge in [0.1, 0.15) is 0 Å². The molecule has 0 aliphatic carbocycles. The lowest BCUT2D eigenvalue weighted by molar-refractivity contribution is -0.157. The molecule has 10 heteroatoms. The Hall–Kier alpha value is -3.17. The van der Waals surface area contributed by atoms with E-state index < -0.39 is 18.0 Å². The number of rotatable bonds is 4. The summed E-state index contributed by atoms with van der Waals surface area (Å²) in [5.74, 6) is -2.01. The van der Waals surface area contributed by atoms with Crippen molar-refractivity contribution in [3.8, 4) is 0 Å². The topological polar surface area (TPSA) is 77.1 Å². The van der Waals surface area contributed by atoms with Crippen molar-refractivity contribution in [2.75, 3.05) is 13.1 Å². The van der Waals surface area contributed by atoms with Gasteiger partial charge in [-0.25, -0.2) is 4.98 Å². The van der Waals surface area contributed by atoms with Crippen LogP contribution >= 0.6 is 0 Å². The number of hydrogen-bond donors (Lipinski definition) is 0. The summed E-state index contributed by atoms with van der Waals surface area (Å²) in [7, 11) is 0. The number of halogens is 3. The lowest BCUT2D eigenvalue weighted by Gasteiger charge is -2.31. The molecule has 3 aromatic rings. The SMILES string of the molecule is O=C(c1ccc(Cn2ccnc2)cc1)N1CCCC(c2nnc(C(F)(F)F)o2)C1. The van der Waals surface area contributed by atoms with Gasteiger partial charge in [-0.1, -0.05) is 12.1 Å². The number of aromatic nitrogens is 4. The predicted molar refractivity (Wildman–Crippen MR) is 94.9 cm³/mol. The van der Waals surface area contributed by atoms with Gasteiger partial charge in [-0.2, -0.15) is 13.2 Å². The Bertz CT molecular complexity index is 967. The molecule has 1 atom stereocenters. The summed E-state index contributed by atoms with van der Waals surface area (Å²) in [5.41, 5.74) is 1.56. The fourth-order valence-electron chi connectivity index (χ4n) is 3.40. The Labute approximate surface area is 164 Å². The number of amides is 1. The zero-order valence-corrected chi connectivity index (χ0v) is 15.3. The van der Waals surface area contributed by atoms with E-state index in [-0.39, 0.29) is 18.3 Å². The molecule has 1 aromatic carbocycles. The molecule has 152 valence electrons. The Morgan fingerprint density at radius 2 is 2.00 bits per heavy atom. The highest BCUT2D eigenvalue weighted by atomic mass is 19.4. The summed E-state index contributed by atoms with van der Waals surface area (Å²) in [5, 5.41) is 6.62. The van der Waals surface area contributed by atoms with E-state index in [1.807, 2.05) is 22.9 Å². The minimum Gasteiger partial charge on any atom is -0.417 e. The van der Waals surface area contributed by atoms with Crippen molar-refractivity contribution >= 4 is 5.91 Å². The van der Waals surface area contributed by atoms with Crippen LogP contribution in [0.25, 0.3) is 0 Å². The van der Waals surface area contributed by atoms with Crippen molar-refractivity contribution in [3.05, 3.63) is 65.9 Å². The molecule has 1 aliphatic heterocycles. The molecule has 0 bridgehead atoms. The van der Waals surface area contributed by atoms with Gasteiger partial charge in [0.2, 0.25) is 5.89 Å². The number of imidazole rings is 1. The van der Waals surface area contributed by atoms with Gasteiger partial charge < -0.3 is 13.9 Å². The first-order valence-corrected chi connectivity index (χ1v) is 9.15. The maximum absolute atomic E-state index is 12.8. The van der Waals surface area contributed by atoms with Crippen LogP contribution in [0.1, 0.15) is 46.5 Å². The Kier molecular flexibility index (Phi) is 5.08. The number of alkyl halides is 3. The monoisotopic (exact) mass is 405 g/mol. The van der Waals surface area contributed by atoms with Crippen LogP contribution in [0.2, 0.25) is 0 Å². The second-order valence-electron chi connectivity index (χ2n) is 6.97. The number of nitrogens with zero attached hydrogens (tertiary/aromatic N) is 5. The molecule has 0 N–H and O–H groups in total. The van der Waals surface area contributed by atoms with Crippen LogP contribution in [0.4, 0.5) is 13.2 Å². The van der Waals surface area contributed by atoms with Gasteiger partial charge in [0.05, 0.1) is 12.2 Å². The van der Waals surface area contributed by atoms with Crippen molar-refractivity contribution in [1.82, 2.24) is 24.6 Å². The normalized spacial score (nSPS) is 17.5. The van der Waals surface area contributed by atoms with E-state index in [9.17, 15) is 18.0 Å². The summed E-state index contributed by atoms with van der Waals surface area (Å²) < 4.78 is 44.8. The zero-order chi connectivity index (χ0) is 20.4. The molecule has 1 amide bonds. The maximum Gasteiger partial charge on any atom is 0.470 e. The molecule has 1 aliphatic rings. The lowest BCUT2D eigenvalue weighted by Crippen LogP contribution is -2.39. The molecular formula is C19H18F3N5O2. The van der Waals surface area contributed by atoms with Gasteiger partial charge in [-0.3, -0.25) is 4.79 Å². The Balaban J connectivity index is 1.42. The predicted octanol–water partition coefficient (Wildman–Crippen LogP) is 3.35. The van der Waals surface area contributed by atoms with Crippen molar-refractivity contribution in [3.63, 3.8) is 0 Å². The second-order valence-corrected chi connectivity index (χ2v) is 6.97. The molecule has 4 rings (SSSR count). The molecule has 29 heavy (non-hydrogen) atoms. The molecule has 3 heterocycles. The minimum atomic E-state index is -4.67. The van der Waals surface area contributed by atoms with Gasteiger partial charge in [-0.15, -0.1) is 10.2 Å². The molecule has 1 saturated heterocycles. The van der Waals surface area contributed by atoms with Crippen LogP contribution in [-0.4, -0.2) is 43.6 Å². The van der Waals surface area contributed by atoms with Crippen molar-refractivity contribution in [2.45, 2.75) is 31.5 Å². The average Bonchev–Trinajstić information content (AvgIpc) is 3.40. The van der Waals surface area contributed by atoms with Crippen LogP contribution in [0.5, 0.6) is 0 Å². The molecule has 0 spiro atoms. The van der Waals surface area contributed by atoms with E-state index in [2.05, 4.69) is 15.2 Å². The summed E-state index contributed by atoms with van der Waals surface area (Å²) in [4.78, 5) is 18.4. The second kappa shape index (κ2) is 7.69. The third kappa shape index (κ3) is 4.30. The standard InChI is InChI=1S/C19H18F3N5O2/c20-19(21,22)18-25-24-16(29-18)15-2-1-8-27(11-15)17(28)14-5-3-13(4-6-14)10-26-9-7-23-12-26/h3-7,9,12,15H,1-2,8,10-11H2. The van der Waals surface area contributed by atoms with Gasteiger partial charge in [0.25, 0.3) is 5.91 Å². The van der Waals surface area contributed by atoms with Crippen LogP contribution < -0.4 is 0 Å². The third-order valence-corrected chi connectivity index (χ3v) is 4.87. The first-order valence-electron chi connectivity index (χ1n) is 9.15. The van der Waals surface area contributed by atoms with Crippen molar-refractivity contribution in [2.24, 2.45) is 0 Å². The van der Waals surface area contributed by atoms with E-state index in [1.54, 1.807) is 29.6 Å². The minimum absolute atomic E-state index is 0.0782. The highest BCUT2D eigenvalue weighted by Crippen LogP contribution is 2.32. The van der Waals surface area contributed by atoms with Crippen LogP contribution in [0, 0.1) is 0 Å². The molecule has 7 nitrogen and oxygen atoms in total. The molecule has 2 aromatic heterocycles. The summed E-state index contributed by atoms with van der Waals surface area (Å²) in [6.07, 6.45) is 1.84. The highest BCUT2D eigenvalue weighted by molar-refractivity contribution is 5.94. The number of likely N-dealkylation sites (tertiary alicyclic amines) is 1. The van der Waals surface area contributed by atoms with E-state index in [0.717, 1.165) is 5.56 Å². The van der Waals surface area contributed by atoms with Gasteiger partial charge in [-0.05, 0) is 30.5 Å². The number of carbonyl (C=O) groups excluding carboxylic acids is 1. The number of piperidine rings is 1. The maximum atomic E-state index is 12.8. The van der Waals surface area contributed by atoms with Crippen LogP contribution in [0.3, 0.4) is 0 Å². The van der Waals surface area contributed by atoms with Crippen LogP contribution in [-0.2, 0) is 12.7 Å². The fraction of sp³-hybridized carbons (Fsp3) is 0.368. The molecule has 0 saturated carbocycles. The number of carbonyl (C=O) groups is 1. The first kappa shape index (κ1) is 19.2. The number of hydrogen-bond acceptors (Lipinski definition) is 5. The summed E-state index contributed by atoms with van der Waals surface area (Å²) in [6, 6.07) is 7.27. The lowest BCUT2D eigenvalue weighted by atomic mass is 9.97. The van der Waals surface area contributed by atoms with E-state index in [1.165, 1.54) is 0 Å². The zero-order valence-electron chi connectivity index (χ0n) is 15.3. The molecular weight excluding hydrogens is 387 g/mol. The van der Waals surface area contributed by atoms with E-state index in [0.29, 0.717) is 31.5 Å². The largest absolute Gasteiger partial charge is 0.470 e. The summed E-state index contributed by atoms with van der Waals surface area (Å²) in [6.45, 7) is 1.43.